The first kappa shape index (κ1) is 12.6. The van der Waals surface area contributed by atoms with Crippen molar-refractivity contribution in [1.82, 2.24) is 0 Å². The summed E-state index contributed by atoms with van der Waals surface area (Å²) in [6.45, 7) is 0. The zero-order chi connectivity index (χ0) is 13.8. The van der Waals surface area contributed by atoms with Gasteiger partial charge in [0.15, 0.2) is 0 Å². The van der Waals surface area contributed by atoms with Gasteiger partial charge in [-0.15, -0.1) is 0 Å². The Bertz CT molecular complexity index is 633. The summed E-state index contributed by atoms with van der Waals surface area (Å²) in [6.07, 6.45) is 0. The van der Waals surface area contributed by atoms with E-state index in [1.807, 2.05) is 0 Å². The zero-order valence-corrected chi connectivity index (χ0v) is 9.74. The summed E-state index contributed by atoms with van der Waals surface area (Å²) in [7, 11) is 0. The van der Waals surface area contributed by atoms with E-state index in [1.165, 1.54) is 42.5 Å². The van der Waals surface area contributed by atoms with Crippen molar-refractivity contribution in [2.45, 2.75) is 0 Å². The lowest BCUT2D eigenvalue weighted by Crippen LogP contribution is -2.13. The summed E-state index contributed by atoms with van der Waals surface area (Å²) >= 11 is 0. The van der Waals surface area contributed by atoms with Crippen LogP contribution in [-0.2, 0) is 0 Å². The maximum Gasteiger partial charge on any atom is 0.344 e. The molecular formula is C14H10O5. The Balaban J connectivity index is 2.28. The minimum absolute atomic E-state index is 0.0432. The lowest BCUT2D eigenvalue weighted by atomic mass is 10.1. The molecule has 0 aliphatic carbocycles. The molecule has 0 atom stereocenters. The quantitative estimate of drug-likeness (QED) is 0.652. The minimum atomic E-state index is -1.21. The van der Waals surface area contributed by atoms with Crippen LogP contribution in [0.25, 0.3) is 0 Å². The second-order valence-corrected chi connectivity index (χ2v) is 3.74. The van der Waals surface area contributed by atoms with Gasteiger partial charge in [-0.25, -0.2) is 9.59 Å². The number of hydrogen-bond acceptors (Lipinski definition) is 4. The maximum absolute atomic E-state index is 11.9. The van der Waals surface area contributed by atoms with E-state index in [4.69, 9.17) is 9.84 Å². The normalized spacial score (nSPS) is 9.89. The van der Waals surface area contributed by atoms with E-state index in [-0.39, 0.29) is 22.6 Å². The van der Waals surface area contributed by atoms with Crippen molar-refractivity contribution in [3.63, 3.8) is 0 Å². The zero-order valence-electron chi connectivity index (χ0n) is 9.74. The molecule has 5 nitrogen and oxygen atoms in total. The SMILES string of the molecule is O=C(O)c1ccccc1C(=O)Oc1cccc(O)c1. The standard InChI is InChI=1S/C14H10O5/c15-9-4-3-5-10(8-9)19-14(18)12-7-2-1-6-11(12)13(16)17/h1-8,15H,(H,16,17). The van der Waals surface area contributed by atoms with Crippen LogP contribution in [0.3, 0.4) is 0 Å². The van der Waals surface area contributed by atoms with Crippen molar-refractivity contribution in [2.24, 2.45) is 0 Å². The molecule has 5 heteroatoms. The predicted molar refractivity (Wildman–Crippen MR) is 66.5 cm³/mol. The second-order valence-electron chi connectivity index (χ2n) is 3.74. The van der Waals surface area contributed by atoms with Crippen LogP contribution >= 0.6 is 0 Å². The Kier molecular flexibility index (Phi) is 3.47. The van der Waals surface area contributed by atoms with E-state index in [0.29, 0.717) is 0 Å². The third kappa shape index (κ3) is 2.90. The molecule has 2 N–H and O–H groups in total. The van der Waals surface area contributed by atoms with Crippen LogP contribution in [0.5, 0.6) is 11.5 Å². The molecule has 0 unspecified atom stereocenters. The Morgan fingerprint density at radius 1 is 0.947 bits per heavy atom. The second kappa shape index (κ2) is 5.22. The molecular weight excluding hydrogens is 248 g/mol. The number of carbonyl (C=O) groups excluding carboxylic acids is 1. The fraction of sp³-hybridized carbons (Fsp3) is 0. The van der Waals surface area contributed by atoms with Gasteiger partial charge in [-0.1, -0.05) is 18.2 Å². The van der Waals surface area contributed by atoms with Crippen LogP contribution in [-0.4, -0.2) is 22.2 Å². The van der Waals surface area contributed by atoms with Gasteiger partial charge in [-0.05, 0) is 24.3 Å². The van der Waals surface area contributed by atoms with Gasteiger partial charge >= 0.3 is 11.9 Å². The summed E-state index contributed by atoms with van der Waals surface area (Å²) < 4.78 is 5.01. The number of carbonyl (C=O) groups is 2. The molecule has 2 aromatic rings. The molecule has 0 heterocycles. The summed E-state index contributed by atoms with van der Waals surface area (Å²) in [5, 5.41) is 18.2. The van der Waals surface area contributed by atoms with Crippen molar-refractivity contribution in [3.05, 3.63) is 59.7 Å². The number of ether oxygens (including phenoxy) is 1. The van der Waals surface area contributed by atoms with E-state index in [1.54, 1.807) is 6.07 Å². The van der Waals surface area contributed by atoms with Crippen LogP contribution in [0.4, 0.5) is 0 Å². The first-order valence-electron chi connectivity index (χ1n) is 5.41. The monoisotopic (exact) mass is 258 g/mol. The molecule has 0 amide bonds. The van der Waals surface area contributed by atoms with E-state index >= 15 is 0 Å². The van der Waals surface area contributed by atoms with E-state index < -0.39 is 11.9 Å². The Morgan fingerprint density at radius 2 is 1.63 bits per heavy atom. The van der Waals surface area contributed by atoms with E-state index in [0.717, 1.165) is 0 Å². The molecule has 0 aliphatic heterocycles. The largest absolute Gasteiger partial charge is 0.508 e. The number of carboxylic acid groups (broad SMARTS) is 1. The van der Waals surface area contributed by atoms with Crippen LogP contribution < -0.4 is 4.74 Å². The molecule has 0 saturated heterocycles. The summed E-state index contributed by atoms with van der Waals surface area (Å²) in [4.78, 5) is 22.9. The van der Waals surface area contributed by atoms with Crippen molar-refractivity contribution in [1.29, 1.82) is 0 Å². The van der Waals surface area contributed by atoms with Gasteiger partial charge in [0.25, 0.3) is 0 Å². The minimum Gasteiger partial charge on any atom is -0.508 e. The molecule has 2 aromatic carbocycles. The first-order valence-corrected chi connectivity index (χ1v) is 5.41. The van der Waals surface area contributed by atoms with Crippen molar-refractivity contribution in [3.8, 4) is 11.5 Å². The molecule has 0 aliphatic rings. The number of rotatable bonds is 3. The maximum atomic E-state index is 11.9. The van der Waals surface area contributed by atoms with Crippen molar-refractivity contribution >= 4 is 11.9 Å². The number of phenols is 1. The highest BCUT2D eigenvalue weighted by molar-refractivity contribution is 6.03. The molecule has 0 radical (unpaired) electrons. The van der Waals surface area contributed by atoms with Crippen LogP contribution in [0, 0.1) is 0 Å². The fourth-order valence-corrected chi connectivity index (χ4v) is 1.56. The number of esters is 1. The van der Waals surface area contributed by atoms with Gasteiger partial charge in [0.1, 0.15) is 11.5 Å². The summed E-state index contributed by atoms with van der Waals surface area (Å²) in [5.74, 6) is -1.89. The Morgan fingerprint density at radius 3 is 2.26 bits per heavy atom. The third-order valence-electron chi connectivity index (χ3n) is 2.41. The number of benzene rings is 2. The van der Waals surface area contributed by atoms with Gasteiger partial charge in [0.2, 0.25) is 0 Å². The molecule has 0 spiro atoms. The summed E-state index contributed by atoms with van der Waals surface area (Å²) in [6, 6.07) is 11.5. The molecule has 0 bridgehead atoms. The highest BCUT2D eigenvalue weighted by atomic mass is 16.5. The predicted octanol–water partition coefficient (Wildman–Crippen LogP) is 2.31. The Hall–Kier alpha value is -2.82. The van der Waals surface area contributed by atoms with Crippen molar-refractivity contribution in [2.75, 3.05) is 0 Å². The third-order valence-corrected chi connectivity index (χ3v) is 2.41. The topological polar surface area (TPSA) is 83.8 Å². The lowest BCUT2D eigenvalue weighted by molar-refractivity contribution is 0.0667. The highest BCUT2D eigenvalue weighted by Crippen LogP contribution is 2.19. The number of aromatic carboxylic acids is 1. The molecule has 96 valence electrons. The van der Waals surface area contributed by atoms with Gasteiger partial charge in [-0.3, -0.25) is 0 Å². The lowest BCUT2D eigenvalue weighted by Gasteiger charge is -2.06. The smallest absolute Gasteiger partial charge is 0.344 e. The molecule has 19 heavy (non-hydrogen) atoms. The van der Waals surface area contributed by atoms with Gasteiger partial charge in [0.05, 0.1) is 11.1 Å². The van der Waals surface area contributed by atoms with Gasteiger partial charge < -0.3 is 14.9 Å². The van der Waals surface area contributed by atoms with Gasteiger partial charge in [-0.2, -0.15) is 0 Å². The van der Waals surface area contributed by atoms with Crippen molar-refractivity contribution < 1.29 is 24.5 Å². The molecule has 0 aromatic heterocycles. The average Bonchev–Trinajstić information content (AvgIpc) is 2.38. The molecule has 2 rings (SSSR count). The highest BCUT2D eigenvalue weighted by Gasteiger charge is 2.17. The fourth-order valence-electron chi connectivity index (χ4n) is 1.56. The van der Waals surface area contributed by atoms with Crippen LogP contribution in [0.2, 0.25) is 0 Å². The van der Waals surface area contributed by atoms with Crippen LogP contribution in [0.1, 0.15) is 20.7 Å². The average molecular weight is 258 g/mol. The number of phenolic OH excluding ortho intramolecular Hbond substituents is 1. The van der Waals surface area contributed by atoms with E-state index in [9.17, 15) is 14.7 Å². The van der Waals surface area contributed by atoms with Crippen LogP contribution in [0.15, 0.2) is 48.5 Å². The number of hydrogen-bond donors (Lipinski definition) is 2. The van der Waals surface area contributed by atoms with E-state index in [2.05, 4.69) is 0 Å². The first-order chi connectivity index (χ1) is 9.08. The molecule has 0 fully saturated rings. The summed E-state index contributed by atoms with van der Waals surface area (Å²) in [5.41, 5.74) is -0.175. The molecule has 0 saturated carbocycles. The van der Waals surface area contributed by atoms with Gasteiger partial charge in [0, 0.05) is 6.07 Å². The number of carboxylic acids is 1. The number of aromatic hydroxyl groups is 1. The Labute approximate surface area is 108 Å².